The molecule has 3 rings (SSSR count). The Morgan fingerprint density at radius 2 is 1.91 bits per heavy atom. The van der Waals surface area contributed by atoms with Crippen molar-refractivity contribution in [2.24, 2.45) is 5.73 Å². The molecule has 2 N–H and O–H groups in total. The van der Waals surface area contributed by atoms with Crippen LogP contribution in [0.2, 0.25) is 0 Å². The molecule has 0 aliphatic rings. The Balaban J connectivity index is 1.57. The fourth-order valence-corrected chi connectivity index (χ4v) is 4.18. The van der Waals surface area contributed by atoms with Crippen LogP contribution >= 0.6 is 34.9 Å². The molecule has 23 heavy (non-hydrogen) atoms. The van der Waals surface area contributed by atoms with Crippen molar-refractivity contribution >= 4 is 40.8 Å². The maximum atomic E-state index is 10.7. The predicted molar refractivity (Wildman–Crippen MR) is 89.1 cm³/mol. The van der Waals surface area contributed by atoms with Gasteiger partial charge in [0.1, 0.15) is 0 Å². The van der Waals surface area contributed by atoms with Gasteiger partial charge in [0.25, 0.3) is 0 Å². The summed E-state index contributed by atoms with van der Waals surface area (Å²) in [6.45, 7) is 0. The number of aromatic nitrogens is 4. The van der Waals surface area contributed by atoms with Crippen molar-refractivity contribution in [3.8, 4) is 11.4 Å². The summed E-state index contributed by atoms with van der Waals surface area (Å²) in [7, 11) is 0. The zero-order valence-electron chi connectivity index (χ0n) is 11.7. The molecule has 0 fully saturated rings. The number of hydrogen-bond donors (Lipinski definition) is 1. The molecule has 0 radical (unpaired) electrons. The Morgan fingerprint density at radius 3 is 2.65 bits per heavy atom. The molecular formula is C13H11N5O2S3. The first-order valence-corrected chi connectivity index (χ1v) is 9.25. The number of benzene rings is 1. The SMILES string of the molecule is NC(=O)CSc1nnc(SCc2nc(-c3ccccc3)no2)s1. The van der Waals surface area contributed by atoms with Crippen molar-refractivity contribution in [1.82, 2.24) is 20.3 Å². The summed E-state index contributed by atoms with van der Waals surface area (Å²) in [5, 5.41) is 12.0. The average molecular weight is 365 g/mol. The Kier molecular flexibility index (Phi) is 5.26. The molecule has 3 aromatic rings. The third-order valence-corrected chi connectivity index (χ3v) is 5.74. The number of hydrogen-bond acceptors (Lipinski definition) is 9. The summed E-state index contributed by atoms with van der Waals surface area (Å²) in [6, 6.07) is 9.63. The van der Waals surface area contributed by atoms with E-state index in [0.717, 1.165) is 9.90 Å². The lowest BCUT2D eigenvalue weighted by molar-refractivity contribution is -0.115. The standard InChI is InChI=1S/C13H11N5O2S3/c14-9(19)6-21-12-16-17-13(23-12)22-7-10-15-11(18-20-10)8-4-2-1-3-5-8/h1-5H,6-7H2,(H2,14,19). The highest BCUT2D eigenvalue weighted by molar-refractivity contribution is 8.03. The van der Waals surface area contributed by atoms with Gasteiger partial charge in [-0.15, -0.1) is 10.2 Å². The van der Waals surface area contributed by atoms with Crippen LogP contribution in [0.5, 0.6) is 0 Å². The first kappa shape index (κ1) is 16.0. The Bertz CT molecular complexity index is 790. The summed E-state index contributed by atoms with van der Waals surface area (Å²) in [6.07, 6.45) is 0. The first-order chi connectivity index (χ1) is 11.2. The van der Waals surface area contributed by atoms with Gasteiger partial charge in [-0.25, -0.2) is 0 Å². The van der Waals surface area contributed by atoms with E-state index in [1.165, 1.54) is 34.9 Å². The highest BCUT2D eigenvalue weighted by Gasteiger charge is 2.11. The average Bonchev–Trinajstić information content (AvgIpc) is 3.21. The van der Waals surface area contributed by atoms with E-state index in [0.29, 0.717) is 21.8 Å². The van der Waals surface area contributed by atoms with Crippen molar-refractivity contribution in [3.05, 3.63) is 36.2 Å². The number of primary amides is 1. The predicted octanol–water partition coefficient (Wildman–Crippen LogP) is 2.46. The number of carbonyl (C=O) groups excluding carboxylic acids is 1. The van der Waals surface area contributed by atoms with Crippen LogP contribution in [0.1, 0.15) is 5.89 Å². The van der Waals surface area contributed by atoms with Gasteiger partial charge in [-0.2, -0.15) is 4.98 Å². The summed E-state index contributed by atoms with van der Waals surface area (Å²) < 4.78 is 6.72. The van der Waals surface area contributed by atoms with Gasteiger partial charge >= 0.3 is 0 Å². The third-order valence-electron chi connectivity index (χ3n) is 2.55. The molecule has 0 atom stereocenters. The van der Waals surface area contributed by atoms with Crippen LogP contribution in [-0.4, -0.2) is 32.0 Å². The summed E-state index contributed by atoms with van der Waals surface area (Å²) >= 11 is 4.14. The maximum Gasteiger partial charge on any atom is 0.237 e. The quantitative estimate of drug-likeness (QED) is 0.636. The Hall–Kier alpha value is -1.91. The topological polar surface area (TPSA) is 108 Å². The highest BCUT2D eigenvalue weighted by Crippen LogP contribution is 2.30. The molecule has 1 amide bonds. The second-order valence-corrected chi connectivity index (χ2v) is 7.68. The van der Waals surface area contributed by atoms with Crippen molar-refractivity contribution in [1.29, 1.82) is 0 Å². The molecule has 0 unspecified atom stereocenters. The van der Waals surface area contributed by atoms with Crippen LogP contribution in [-0.2, 0) is 10.5 Å². The minimum atomic E-state index is -0.376. The van der Waals surface area contributed by atoms with E-state index in [1.807, 2.05) is 30.3 Å². The summed E-state index contributed by atoms with van der Waals surface area (Å²) in [5.41, 5.74) is 6.01. The number of thioether (sulfide) groups is 2. The molecular weight excluding hydrogens is 354 g/mol. The minimum Gasteiger partial charge on any atom is -0.369 e. The van der Waals surface area contributed by atoms with Gasteiger partial charge in [-0.1, -0.05) is 70.3 Å². The molecule has 118 valence electrons. The molecule has 2 heterocycles. The second kappa shape index (κ2) is 7.57. The smallest absolute Gasteiger partial charge is 0.237 e. The Labute approximate surface area is 144 Å². The number of carbonyl (C=O) groups is 1. The van der Waals surface area contributed by atoms with Gasteiger partial charge in [0.2, 0.25) is 17.6 Å². The zero-order chi connectivity index (χ0) is 16.1. The van der Waals surface area contributed by atoms with E-state index in [2.05, 4.69) is 20.3 Å². The van der Waals surface area contributed by atoms with E-state index in [-0.39, 0.29) is 11.7 Å². The normalized spacial score (nSPS) is 10.8. The van der Waals surface area contributed by atoms with Gasteiger partial charge in [-0.3, -0.25) is 4.79 Å². The number of rotatable bonds is 7. The number of nitrogens with zero attached hydrogens (tertiary/aromatic N) is 4. The van der Waals surface area contributed by atoms with Crippen molar-refractivity contribution in [2.75, 3.05) is 5.75 Å². The lowest BCUT2D eigenvalue weighted by atomic mass is 10.2. The van der Waals surface area contributed by atoms with Crippen LogP contribution in [0.3, 0.4) is 0 Å². The fraction of sp³-hybridized carbons (Fsp3) is 0.154. The van der Waals surface area contributed by atoms with Crippen molar-refractivity contribution in [2.45, 2.75) is 14.4 Å². The zero-order valence-corrected chi connectivity index (χ0v) is 14.2. The van der Waals surface area contributed by atoms with Gasteiger partial charge in [0.05, 0.1) is 11.5 Å². The molecule has 7 nitrogen and oxygen atoms in total. The Morgan fingerprint density at radius 1 is 1.17 bits per heavy atom. The third kappa shape index (κ3) is 4.53. The van der Waals surface area contributed by atoms with E-state index in [4.69, 9.17) is 10.3 Å². The number of nitrogens with two attached hydrogens (primary N) is 1. The van der Waals surface area contributed by atoms with E-state index < -0.39 is 0 Å². The van der Waals surface area contributed by atoms with Crippen LogP contribution in [0.4, 0.5) is 0 Å². The molecule has 10 heteroatoms. The van der Waals surface area contributed by atoms with Crippen LogP contribution in [0.25, 0.3) is 11.4 Å². The lowest BCUT2D eigenvalue weighted by Crippen LogP contribution is -2.12. The van der Waals surface area contributed by atoms with Crippen LogP contribution in [0.15, 0.2) is 43.5 Å². The highest BCUT2D eigenvalue weighted by atomic mass is 32.2. The van der Waals surface area contributed by atoms with Crippen LogP contribution in [0, 0.1) is 0 Å². The number of amides is 1. The maximum absolute atomic E-state index is 10.7. The second-order valence-electron chi connectivity index (χ2n) is 4.26. The van der Waals surface area contributed by atoms with Crippen molar-refractivity contribution < 1.29 is 9.32 Å². The molecule has 0 aliphatic carbocycles. The van der Waals surface area contributed by atoms with E-state index in [9.17, 15) is 4.79 Å². The molecule has 0 aliphatic heterocycles. The first-order valence-electron chi connectivity index (χ1n) is 6.46. The lowest BCUT2D eigenvalue weighted by Gasteiger charge is -1.91. The monoisotopic (exact) mass is 365 g/mol. The molecule has 1 aromatic carbocycles. The van der Waals surface area contributed by atoms with E-state index >= 15 is 0 Å². The van der Waals surface area contributed by atoms with Gasteiger partial charge in [-0.05, 0) is 0 Å². The molecule has 0 bridgehead atoms. The van der Waals surface area contributed by atoms with Gasteiger partial charge < -0.3 is 10.3 Å². The molecule has 0 saturated carbocycles. The van der Waals surface area contributed by atoms with Crippen molar-refractivity contribution in [3.63, 3.8) is 0 Å². The van der Waals surface area contributed by atoms with Crippen LogP contribution < -0.4 is 5.73 Å². The fourth-order valence-electron chi connectivity index (χ4n) is 1.59. The van der Waals surface area contributed by atoms with Gasteiger partial charge in [0.15, 0.2) is 8.68 Å². The molecule has 0 spiro atoms. The van der Waals surface area contributed by atoms with E-state index in [1.54, 1.807) is 0 Å². The molecule has 0 saturated heterocycles. The van der Waals surface area contributed by atoms with Gasteiger partial charge in [0, 0.05) is 5.56 Å². The largest absolute Gasteiger partial charge is 0.369 e. The minimum absolute atomic E-state index is 0.198. The summed E-state index contributed by atoms with van der Waals surface area (Å²) in [5.74, 6) is 1.42. The summed E-state index contributed by atoms with van der Waals surface area (Å²) in [4.78, 5) is 15.1. The molecule has 2 aromatic heterocycles.